The van der Waals surface area contributed by atoms with E-state index in [0.29, 0.717) is 18.8 Å². The molecule has 0 aromatic heterocycles. The van der Waals surface area contributed by atoms with Gasteiger partial charge in [-0.15, -0.1) is 0 Å². The van der Waals surface area contributed by atoms with Gasteiger partial charge in [0.1, 0.15) is 0 Å². The largest absolute Gasteiger partial charge is 0.478 e. The van der Waals surface area contributed by atoms with Crippen LogP contribution in [-0.4, -0.2) is 35.1 Å². The third-order valence-electron chi connectivity index (χ3n) is 3.80. The molecule has 0 radical (unpaired) electrons. The fourth-order valence-corrected chi connectivity index (χ4v) is 2.29. The standard InChI is InChI=1S/C15H20N2O3/c1-15(2)7-9-17(10-8-15)14(20)16-12-6-4-3-5-11(12)13(18)19/h3-6H,7-10H2,1-2H3,(H,16,20)(H,18,19). The Kier molecular flexibility index (Phi) is 3.97. The number of carboxylic acid groups (broad SMARTS) is 1. The number of carbonyl (C=O) groups is 2. The Bertz CT molecular complexity index is 516. The Morgan fingerprint density at radius 1 is 1.20 bits per heavy atom. The predicted octanol–water partition coefficient (Wildman–Crippen LogP) is 3.04. The maximum atomic E-state index is 12.2. The molecule has 1 aliphatic rings. The first-order valence-corrected chi connectivity index (χ1v) is 6.77. The number of carbonyl (C=O) groups excluding carboxylic acids is 1. The zero-order valence-corrected chi connectivity index (χ0v) is 11.8. The van der Waals surface area contributed by atoms with Gasteiger partial charge >= 0.3 is 12.0 Å². The number of amides is 2. The van der Waals surface area contributed by atoms with Gasteiger partial charge < -0.3 is 15.3 Å². The van der Waals surface area contributed by atoms with E-state index in [4.69, 9.17) is 5.11 Å². The second-order valence-corrected chi connectivity index (χ2v) is 5.93. The summed E-state index contributed by atoms with van der Waals surface area (Å²) in [4.78, 5) is 25.0. The molecule has 20 heavy (non-hydrogen) atoms. The van der Waals surface area contributed by atoms with Crippen molar-refractivity contribution in [2.45, 2.75) is 26.7 Å². The Morgan fingerprint density at radius 2 is 1.80 bits per heavy atom. The van der Waals surface area contributed by atoms with Crippen LogP contribution in [0.4, 0.5) is 10.5 Å². The third kappa shape index (κ3) is 3.29. The molecule has 2 amide bonds. The average molecular weight is 276 g/mol. The van der Waals surface area contributed by atoms with E-state index in [0.717, 1.165) is 12.8 Å². The van der Waals surface area contributed by atoms with Gasteiger partial charge in [0.15, 0.2) is 0 Å². The van der Waals surface area contributed by atoms with Crippen molar-refractivity contribution in [1.29, 1.82) is 0 Å². The van der Waals surface area contributed by atoms with Crippen molar-refractivity contribution in [3.05, 3.63) is 29.8 Å². The molecule has 2 N–H and O–H groups in total. The number of likely N-dealkylation sites (tertiary alicyclic amines) is 1. The van der Waals surface area contributed by atoms with Gasteiger partial charge in [0, 0.05) is 13.1 Å². The van der Waals surface area contributed by atoms with Gasteiger partial charge in [0.05, 0.1) is 11.3 Å². The first-order chi connectivity index (χ1) is 9.39. The van der Waals surface area contributed by atoms with Gasteiger partial charge in [-0.3, -0.25) is 0 Å². The number of hydrogen-bond acceptors (Lipinski definition) is 2. The molecule has 0 unspecified atom stereocenters. The number of nitrogens with one attached hydrogen (secondary N) is 1. The molecule has 0 atom stereocenters. The topological polar surface area (TPSA) is 69.6 Å². The van der Waals surface area contributed by atoms with Crippen molar-refractivity contribution in [3.63, 3.8) is 0 Å². The molecule has 1 aromatic carbocycles. The maximum Gasteiger partial charge on any atom is 0.337 e. The van der Waals surface area contributed by atoms with E-state index in [9.17, 15) is 9.59 Å². The Hall–Kier alpha value is -2.04. The molecular weight excluding hydrogens is 256 g/mol. The van der Waals surface area contributed by atoms with E-state index < -0.39 is 5.97 Å². The number of aromatic carboxylic acids is 1. The molecule has 0 bridgehead atoms. The number of piperidine rings is 1. The number of urea groups is 1. The van der Waals surface area contributed by atoms with E-state index in [-0.39, 0.29) is 17.0 Å². The lowest BCUT2D eigenvalue weighted by atomic mass is 9.83. The van der Waals surface area contributed by atoms with Crippen LogP contribution in [0.5, 0.6) is 0 Å². The normalized spacial score (nSPS) is 17.6. The summed E-state index contributed by atoms with van der Waals surface area (Å²) in [5.41, 5.74) is 0.725. The smallest absolute Gasteiger partial charge is 0.337 e. The minimum Gasteiger partial charge on any atom is -0.478 e. The summed E-state index contributed by atoms with van der Waals surface area (Å²) in [5.74, 6) is -1.04. The van der Waals surface area contributed by atoms with Gasteiger partial charge in [0.2, 0.25) is 0 Å². The van der Waals surface area contributed by atoms with E-state index >= 15 is 0 Å². The number of para-hydroxylation sites is 1. The highest BCUT2D eigenvalue weighted by atomic mass is 16.4. The molecule has 0 spiro atoms. The first-order valence-electron chi connectivity index (χ1n) is 6.77. The fraction of sp³-hybridized carbons (Fsp3) is 0.467. The molecule has 1 saturated heterocycles. The summed E-state index contributed by atoms with van der Waals surface area (Å²) in [6.07, 6.45) is 1.92. The molecule has 1 heterocycles. The zero-order valence-electron chi connectivity index (χ0n) is 11.8. The molecule has 2 rings (SSSR count). The lowest BCUT2D eigenvalue weighted by Gasteiger charge is -2.36. The highest BCUT2D eigenvalue weighted by Gasteiger charge is 2.28. The van der Waals surface area contributed by atoms with Crippen LogP contribution in [0.3, 0.4) is 0 Å². The van der Waals surface area contributed by atoms with Crippen molar-refractivity contribution in [3.8, 4) is 0 Å². The van der Waals surface area contributed by atoms with Crippen LogP contribution in [-0.2, 0) is 0 Å². The molecule has 0 saturated carbocycles. The lowest BCUT2D eigenvalue weighted by molar-refractivity contribution is 0.0698. The zero-order chi connectivity index (χ0) is 14.8. The second kappa shape index (κ2) is 5.53. The highest BCUT2D eigenvalue weighted by Crippen LogP contribution is 2.30. The monoisotopic (exact) mass is 276 g/mol. The van der Waals surface area contributed by atoms with Crippen LogP contribution in [0.1, 0.15) is 37.0 Å². The van der Waals surface area contributed by atoms with Gasteiger partial charge in [-0.2, -0.15) is 0 Å². The van der Waals surface area contributed by atoms with Crippen molar-refractivity contribution in [2.75, 3.05) is 18.4 Å². The lowest BCUT2D eigenvalue weighted by Crippen LogP contribution is -2.43. The van der Waals surface area contributed by atoms with Crippen molar-refractivity contribution < 1.29 is 14.7 Å². The van der Waals surface area contributed by atoms with Crippen LogP contribution in [0, 0.1) is 5.41 Å². The van der Waals surface area contributed by atoms with E-state index in [1.54, 1.807) is 23.1 Å². The number of anilines is 1. The summed E-state index contributed by atoms with van der Waals surface area (Å²) >= 11 is 0. The van der Waals surface area contributed by atoms with Crippen molar-refractivity contribution in [2.24, 2.45) is 5.41 Å². The van der Waals surface area contributed by atoms with Crippen molar-refractivity contribution >= 4 is 17.7 Å². The highest BCUT2D eigenvalue weighted by molar-refractivity contribution is 5.99. The van der Waals surface area contributed by atoms with Crippen LogP contribution in [0.25, 0.3) is 0 Å². The number of carboxylic acids is 1. The summed E-state index contributed by atoms with van der Waals surface area (Å²) in [6, 6.07) is 6.21. The summed E-state index contributed by atoms with van der Waals surface area (Å²) in [6.45, 7) is 5.80. The third-order valence-corrected chi connectivity index (χ3v) is 3.80. The summed E-state index contributed by atoms with van der Waals surface area (Å²) in [5, 5.41) is 11.8. The average Bonchev–Trinajstić information content (AvgIpc) is 2.38. The molecule has 108 valence electrons. The first kappa shape index (κ1) is 14.4. The Balaban J connectivity index is 2.04. The molecule has 0 aliphatic carbocycles. The Labute approximate surface area is 118 Å². The number of rotatable bonds is 2. The molecule has 5 nitrogen and oxygen atoms in total. The minimum atomic E-state index is -1.04. The van der Waals surface area contributed by atoms with Gasteiger partial charge in [-0.25, -0.2) is 9.59 Å². The number of nitrogens with zero attached hydrogens (tertiary/aromatic N) is 1. The van der Waals surface area contributed by atoms with Crippen LogP contribution >= 0.6 is 0 Å². The van der Waals surface area contributed by atoms with Crippen LogP contribution < -0.4 is 5.32 Å². The summed E-state index contributed by atoms with van der Waals surface area (Å²) < 4.78 is 0. The quantitative estimate of drug-likeness (QED) is 0.872. The fourth-order valence-electron chi connectivity index (χ4n) is 2.29. The van der Waals surface area contributed by atoms with Crippen LogP contribution in [0.2, 0.25) is 0 Å². The number of hydrogen-bond donors (Lipinski definition) is 2. The van der Waals surface area contributed by atoms with Crippen molar-refractivity contribution in [1.82, 2.24) is 4.90 Å². The Morgan fingerprint density at radius 3 is 2.40 bits per heavy atom. The maximum absolute atomic E-state index is 12.2. The molecule has 1 aromatic rings. The van der Waals surface area contributed by atoms with Gasteiger partial charge in [0.25, 0.3) is 0 Å². The van der Waals surface area contributed by atoms with Gasteiger partial charge in [-0.05, 0) is 30.4 Å². The van der Waals surface area contributed by atoms with Gasteiger partial charge in [-0.1, -0.05) is 26.0 Å². The molecular formula is C15H20N2O3. The minimum absolute atomic E-state index is 0.109. The summed E-state index contributed by atoms with van der Waals surface area (Å²) in [7, 11) is 0. The van der Waals surface area contributed by atoms with E-state index in [1.165, 1.54) is 6.07 Å². The van der Waals surface area contributed by atoms with E-state index in [1.807, 2.05) is 0 Å². The van der Waals surface area contributed by atoms with Crippen LogP contribution in [0.15, 0.2) is 24.3 Å². The molecule has 1 fully saturated rings. The SMILES string of the molecule is CC1(C)CCN(C(=O)Nc2ccccc2C(=O)O)CC1. The molecule has 5 heteroatoms. The number of benzene rings is 1. The second-order valence-electron chi connectivity index (χ2n) is 5.93. The molecule has 1 aliphatic heterocycles. The van der Waals surface area contributed by atoms with E-state index in [2.05, 4.69) is 19.2 Å². The predicted molar refractivity (Wildman–Crippen MR) is 77.0 cm³/mol.